The summed E-state index contributed by atoms with van der Waals surface area (Å²) in [6.45, 7) is 1.99. The highest BCUT2D eigenvalue weighted by Gasteiger charge is 2.27. The van der Waals surface area contributed by atoms with Crippen LogP contribution in [0.2, 0.25) is 0 Å². The van der Waals surface area contributed by atoms with Crippen molar-refractivity contribution in [3.05, 3.63) is 66.0 Å². The van der Waals surface area contributed by atoms with Gasteiger partial charge in [-0.25, -0.2) is 21.9 Å². The van der Waals surface area contributed by atoms with Crippen LogP contribution in [0.4, 0.5) is 9.18 Å². The van der Waals surface area contributed by atoms with Crippen LogP contribution in [0, 0.1) is 5.82 Å². The fourth-order valence-electron chi connectivity index (χ4n) is 2.83. The summed E-state index contributed by atoms with van der Waals surface area (Å²) in [4.78, 5) is 36.5. The van der Waals surface area contributed by atoms with E-state index in [0.717, 1.165) is 28.6 Å². The number of amides is 3. The number of hydrogen-bond acceptors (Lipinski definition) is 6. The van der Waals surface area contributed by atoms with E-state index in [-0.39, 0.29) is 24.3 Å². The van der Waals surface area contributed by atoms with E-state index in [4.69, 9.17) is 4.74 Å². The summed E-state index contributed by atoms with van der Waals surface area (Å²) in [5, 5.41) is 4.54. The second kappa shape index (κ2) is 12.1. The minimum atomic E-state index is -3.85. The Kier molecular flexibility index (Phi) is 9.49. The molecule has 0 spiro atoms. The van der Waals surface area contributed by atoms with Crippen molar-refractivity contribution in [1.29, 1.82) is 0 Å². The molecule has 0 aliphatic carbocycles. The molecule has 9 nitrogen and oxygen atoms in total. The molecule has 2 N–H and O–H groups in total. The lowest BCUT2D eigenvalue weighted by Crippen LogP contribution is -2.42. The lowest BCUT2D eigenvalue weighted by atomic mass is 10.1. The number of ether oxygens (including phenoxy) is 1. The zero-order chi connectivity index (χ0) is 24.4. The SMILES string of the molecule is CCNC(=O)NC(=O)C(OC(=O)CCCN(C)S(=O)(=O)c1ccc(F)cc1)c1ccccc1. The van der Waals surface area contributed by atoms with Gasteiger partial charge in [0.2, 0.25) is 16.1 Å². The van der Waals surface area contributed by atoms with Crippen LogP contribution in [0.5, 0.6) is 0 Å². The van der Waals surface area contributed by atoms with Crippen LogP contribution < -0.4 is 10.6 Å². The molecule has 11 heteroatoms. The minimum absolute atomic E-state index is 0.00405. The van der Waals surface area contributed by atoms with Gasteiger partial charge in [-0.1, -0.05) is 30.3 Å². The molecule has 33 heavy (non-hydrogen) atoms. The number of nitrogens with zero attached hydrogens (tertiary/aromatic N) is 1. The summed E-state index contributed by atoms with van der Waals surface area (Å²) in [5.41, 5.74) is 0.378. The Morgan fingerprint density at radius 3 is 2.30 bits per heavy atom. The van der Waals surface area contributed by atoms with Gasteiger partial charge in [0.1, 0.15) is 5.82 Å². The quantitative estimate of drug-likeness (QED) is 0.505. The molecule has 0 aliphatic heterocycles. The van der Waals surface area contributed by atoms with Crippen molar-refractivity contribution in [2.75, 3.05) is 20.1 Å². The number of imide groups is 1. The first-order valence-corrected chi connectivity index (χ1v) is 11.6. The second-order valence-corrected chi connectivity index (χ2v) is 9.06. The van der Waals surface area contributed by atoms with Crippen LogP contribution in [-0.2, 0) is 24.3 Å². The fourth-order valence-corrected chi connectivity index (χ4v) is 4.04. The molecule has 2 aromatic carbocycles. The topological polar surface area (TPSA) is 122 Å². The predicted molar refractivity (Wildman–Crippen MR) is 118 cm³/mol. The molecular weight excluding hydrogens is 453 g/mol. The number of rotatable bonds is 10. The van der Waals surface area contributed by atoms with E-state index in [1.165, 1.54) is 7.05 Å². The smallest absolute Gasteiger partial charge is 0.321 e. The highest BCUT2D eigenvalue weighted by molar-refractivity contribution is 7.89. The van der Waals surface area contributed by atoms with E-state index in [2.05, 4.69) is 10.6 Å². The molecule has 3 amide bonds. The number of hydrogen-bond donors (Lipinski definition) is 2. The van der Waals surface area contributed by atoms with Crippen LogP contribution in [0.1, 0.15) is 31.4 Å². The van der Waals surface area contributed by atoms with Gasteiger partial charge in [-0.15, -0.1) is 0 Å². The van der Waals surface area contributed by atoms with Crippen LogP contribution in [-0.4, -0.2) is 50.8 Å². The summed E-state index contributed by atoms with van der Waals surface area (Å²) in [6.07, 6.45) is -1.39. The number of benzene rings is 2. The number of carbonyl (C=O) groups is 3. The minimum Gasteiger partial charge on any atom is -0.447 e. The molecule has 1 unspecified atom stereocenters. The lowest BCUT2D eigenvalue weighted by molar-refractivity contribution is -0.156. The Morgan fingerprint density at radius 1 is 1.06 bits per heavy atom. The highest BCUT2D eigenvalue weighted by atomic mass is 32.2. The normalized spacial score (nSPS) is 12.1. The summed E-state index contributed by atoms with van der Waals surface area (Å²) in [5.74, 6) is -2.09. The molecular formula is C22H26FN3O6S. The lowest BCUT2D eigenvalue weighted by Gasteiger charge is -2.19. The zero-order valence-corrected chi connectivity index (χ0v) is 19.1. The number of nitrogens with one attached hydrogen (secondary N) is 2. The van der Waals surface area contributed by atoms with Gasteiger partial charge in [-0.05, 0) is 37.6 Å². The van der Waals surface area contributed by atoms with Gasteiger partial charge in [0.05, 0.1) is 4.90 Å². The van der Waals surface area contributed by atoms with Crippen LogP contribution in [0.25, 0.3) is 0 Å². The average Bonchev–Trinajstić information content (AvgIpc) is 2.78. The summed E-state index contributed by atoms with van der Waals surface area (Å²) in [7, 11) is -2.50. The number of esters is 1. The molecule has 178 valence electrons. The maximum absolute atomic E-state index is 13.0. The van der Waals surface area contributed by atoms with Gasteiger partial charge in [-0.2, -0.15) is 0 Å². The zero-order valence-electron chi connectivity index (χ0n) is 18.3. The Morgan fingerprint density at radius 2 is 1.70 bits per heavy atom. The Balaban J connectivity index is 1.97. The van der Waals surface area contributed by atoms with Gasteiger partial charge < -0.3 is 10.1 Å². The van der Waals surface area contributed by atoms with E-state index in [0.29, 0.717) is 12.1 Å². The van der Waals surface area contributed by atoms with Gasteiger partial charge >= 0.3 is 12.0 Å². The summed E-state index contributed by atoms with van der Waals surface area (Å²) in [6, 6.07) is 11.9. The second-order valence-electron chi connectivity index (χ2n) is 7.01. The number of halogens is 1. The Bertz CT molecular complexity index is 1060. The molecule has 0 radical (unpaired) electrons. The number of urea groups is 1. The molecule has 0 fully saturated rings. The van der Waals surface area contributed by atoms with Crippen LogP contribution >= 0.6 is 0 Å². The first kappa shape index (κ1) is 25.9. The third-order valence-corrected chi connectivity index (χ3v) is 6.41. The van der Waals surface area contributed by atoms with E-state index in [1.54, 1.807) is 37.3 Å². The molecule has 0 saturated heterocycles. The van der Waals surface area contributed by atoms with E-state index < -0.39 is 39.9 Å². The number of sulfonamides is 1. The monoisotopic (exact) mass is 479 g/mol. The van der Waals surface area contributed by atoms with Crippen molar-refractivity contribution in [3.8, 4) is 0 Å². The van der Waals surface area contributed by atoms with E-state index in [1.807, 2.05) is 0 Å². The van der Waals surface area contributed by atoms with Crippen molar-refractivity contribution >= 4 is 27.9 Å². The fraction of sp³-hybridized carbons (Fsp3) is 0.318. The molecule has 1 atom stereocenters. The maximum Gasteiger partial charge on any atom is 0.321 e. The van der Waals surface area contributed by atoms with Crippen LogP contribution in [0.15, 0.2) is 59.5 Å². The van der Waals surface area contributed by atoms with Gasteiger partial charge in [0, 0.05) is 32.1 Å². The van der Waals surface area contributed by atoms with Crippen molar-refractivity contribution in [2.45, 2.75) is 30.8 Å². The van der Waals surface area contributed by atoms with Crippen molar-refractivity contribution in [3.63, 3.8) is 0 Å². The average molecular weight is 480 g/mol. The Labute approximate surface area is 192 Å². The van der Waals surface area contributed by atoms with Gasteiger partial charge in [0.25, 0.3) is 5.91 Å². The van der Waals surface area contributed by atoms with Gasteiger partial charge in [-0.3, -0.25) is 14.9 Å². The predicted octanol–water partition coefficient (Wildman–Crippen LogP) is 2.36. The van der Waals surface area contributed by atoms with Crippen molar-refractivity contribution < 1.29 is 31.9 Å². The molecule has 2 rings (SSSR count). The first-order chi connectivity index (χ1) is 15.6. The van der Waals surface area contributed by atoms with Crippen molar-refractivity contribution in [2.24, 2.45) is 0 Å². The Hall–Kier alpha value is -3.31. The molecule has 0 bridgehead atoms. The molecule has 0 aromatic heterocycles. The molecule has 2 aromatic rings. The molecule has 0 heterocycles. The van der Waals surface area contributed by atoms with E-state index >= 15 is 0 Å². The number of carbonyl (C=O) groups excluding carboxylic acids is 3. The maximum atomic E-state index is 13.0. The van der Waals surface area contributed by atoms with E-state index in [9.17, 15) is 27.2 Å². The largest absolute Gasteiger partial charge is 0.447 e. The van der Waals surface area contributed by atoms with Gasteiger partial charge in [0.15, 0.2) is 0 Å². The van der Waals surface area contributed by atoms with Crippen LogP contribution in [0.3, 0.4) is 0 Å². The third kappa shape index (κ3) is 7.65. The first-order valence-electron chi connectivity index (χ1n) is 10.2. The summed E-state index contributed by atoms with van der Waals surface area (Å²) >= 11 is 0. The standard InChI is InChI=1S/C22H26FN3O6S/c1-3-24-22(29)25-21(28)20(16-8-5-4-6-9-16)32-19(27)10-7-15-26(2)33(30,31)18-13-11-17(23)12-14-18/h4-6,8-9,11-14,20H,3,7,10,15H2,1-2H3,(H2,24,25,28,29). The highest BCUT2D eigenvalue weighted by Crippen LogP contribution is 2.19. The summed E-state index contributed by atoms with van der Waals surface area (Å²) < 4.78 is 44.4. The van der Waals surface area contributed by atoms with Crippen molar-refractivity contribution in [1.82, 2.24) is 14.9 Å². The molecule has 0 saturated carbocycles. The molecule has 0 aliphatic rings. The third-order valence-electron chi connectivity index (χ3n) is 4.54.